The van der Waals surface area contributed by atoms with Gasteiger partial charge in [-0.1, -0.05) is 12.1 Å². The zero-order valence-electron chi connectivity index (χ0n) is 19.1. The van der Waals surface area contributed by atoms with Gasteiger partial charge in [-0.3, -0.25) is 14.5 Å². The number of rotatable bonds is 5. The Balaban J connectivity index is 1.65. The van der Waals surface area contributed by atoms with Crippen molar-refractivity contribution in [1.29, 1.82) is 5.26 Å². The van der Waals surface area contributed by atoms with Crippen LogP contribution < -0.4 is 0 Å². The van der Waals surface area contributed by atoms with Gasteiger partial charge in [-0.25, -0.2) is 13.2 Å². The van der Waals surface area contributed by atoms with Crippen LogP contribution in [0.5, 0.6) is 0 Å². The van der Waals surface area contributed by atoms with E-state index in [1.54, 1.807) is 43.3 Å². The standard InChI is InChI=1S/C25H22N2O7S/c1-3-33-25(30)17-6-4-16(5-7-17)22-9-8-19(34-22)12-20-15(2)21(13-26)24(29)27(23(20)28)18-10-11-35(31,32)14-18/h4-9,12,18H,3,10-11,14H2,1-2H3. The third-order valence-electron chi connectivity index (χ3n) is 5.94. The van der Waals surface area contributed by atoms with E-state index in [9.17, 15) is 28.1 Å². The van der Waals surface area contributed by atoms with E-state index in [-0.39, 0.29) is 41.3 Å². The molecule has 2 aliphatic heterocycles. The normalized spacial score (nSPS) is 20.9. The topological polar surface area (TPSA) is 135 Å². The highest BCUT2D eigenvalue weighted by Crippen LogP contribution is 2.32. The molecule has 1 atom stereocenters. The molecule has 2 amide bonds. The molecule has 0 saturated carbocycles. The van der Waals surface area contributed by atoms with Crippen molar-refractivity contribution in [2.24, 2.45) is 0 Å². The number of amides is 2. The molecule has 180 valence electrons. The van der Waals surface area contributed by atoms with Crippen LogP contribution in [-0.4, -0.2) is 55.3 Å². The molecule has 3 heterocycles. The lowest BCUT2D eigenvalue weighted by molar-refractivity contribution is -0.142. The average Bonchev–Trinajstić information content (AvgIpc) is 3.43. The SMILES string of the molecule is CCOC(=O)c1ccc(-c2ccc(C=C3C(=O)N(C4CCS(=O)(=O)C4)C(=O)C(C#N)=C3C)o2)cc1. The first-order valence-corrected chi connectivity index (χ1v) is 12.8. The number of benzene rings is 1. The van der Waals surface area contributed by atoms with Gasteiger partial charge >= 0.3 is 5.97 Å². The molecule has 1 fully saturated rings. The number of furan rings is 1. The molecule has 1 saturated heterocycles. The third-order valence-corrected chi connectivity index (χ3v) is 7.69. The highest BCUT2D eigenvalue weighted by Gasteiger charge is 2.43. The van der Waals surface area contributed by atoms with Crippen molar-refractivity contribution >= 4 is 33.7 Å². The fraction of sp³-hybridized carbons (Fsp3) is 0.280. The second-order valence-corrected chi connectivity index (χ2v) is 10.4. The second-order valence-electron chi connectivity index (χ2n) is 8.21. The van der Waals surface area contributed by atoms with Gasteiger partial charge in [0.2, 0.25) is 0 Å². The summed E-state index contributed by atoms with van der Waals surface area (Å²) in [6.07, 6.45) is 1.58. The summed E-state index contributed by atoms with van der Waals surface area (Å²) >= 11 is 0. The summed E-state index contributed by atoms with van der Waals surface area (Å²) in [7, 11) is -3.36. The van der Waals surface area contributed by atoms with E-state index in [1.807, 2.05) is 6.07 Å². The Kier molecular flexibility index (Phi) is 6.45. The Labute approximate surface area is 202 Å². The number of carbonyl (C=O) groups excluding carboxylic acids is 3. The Hall–Kier alpha value is -3.97. The lowest BCUT2D eigenvalue weighted by Crippen LogP contribution is -2.49. The zero-order chi connectivity index (χ0) is 25.3. The maximum absolute atomic E-state index is 13.3. The first-order valence-electron chi connectivity index (χ1n) is 10.9. The van der Waals surface area contributed by atoms with Crippen LogP contribution in [0.15, 0.2) is 57.5 Å². The van der Waals surface area contributed by atoms with Gasteiger partial charge < -0.3 is 9.15 Å². The van der Waals surface area contributed by atoms with Crippen molar-refractivity contribution in [3.63, 3.8) is 0 Å². The van der Waals surface area contributed by atoms with Crippen molar-refractivity contribution in [3.8, 4) is 17.4 Å². The van der Waals surface area contributed by atoms with Gasteiger partial charge in [-0.15, -0.1) is 0 Å². The van der Waals surface area contributed by atoms with Crippen molar-refractivity contribution in [2.45, 2.75) is 26.3 Å². The number of nitriles is 1. The maximum atomic E-state index is 13.3. The van der Waals surface area contributed by atoms with Crippen molar-refractivity contribution < 1.29 is 32.0 Å². The third kappa shape index (κ3) is 4.68. The fourth-order valence-corrected chi connectivity index (χ4v) is 5.82. The molecule has 1 aromatic heterocycles. The molecule has 4 rings (SSSR count). The number of sulfone groups is 1. The van der Waals surface area contributed by atoms with E-state index in [2.05, 4.69) is 0 Å². The molecule has 0 spiro atoms. The van der Waals surface area contributed by atoms with E-state index in [0.717, 1.165) is 4.90 Å². The predicted octanol–water partition coefficient (Wildman–Crippen LogP) is 2.90. The van der Waals surface area contributed by atoms with Crippen LogP contribution in [-0.2, 0) is 24.2 Å². The summed E-state index contributed by atoms with van der Waals surface area (Å²) in [5.74, 6) is -1.52. The summed E-state index contributed by atoms with van der Waals surface area (Å²) < 4.78 is 34.7. The minimum absolute atomic E-state index is 0.0870. The molecule has 2 aliphatic rings. The average molecular weight is 495 g/mol. The molecule has 0 aliphatic carbocycles. The number of ether oxygens (including phenoxy) is 1. The smallest absolute Gasteiger partial charge is 0.338 e. The molecule has 0 radical (unpaired) electrons. The van der Waals surface area contributed by atoms with Crippen molar-refractivity contribution in [2.75, 3.05) is 18.1 Å². The molecule has 1 aromatic carbocycles. The zero-order valence-corrected chi connectivity index (χ0v) is 19.9. The van der Waals surface area contributed by atoms with E-state index < -0.39 is 33.7 Å². The highest BCUT2D eigenvalue weighted by molar-refractivity contribution is 7.91. The molecular weight excluding hydrogens is 472 g/mol. The first-order chi connectivity index (χ1) is 16.6. The molecule has 9 nitrogen and oxygen atoms in total. The largest absolute Gasteiger partial charge is 0.462 e. The Morgan fingerprint density at radius 3 is 2.51 bits per heavy atom. The summed E-state index contributed by atoms with van der Waals surface area (Å²) in [4.78, 5) is 38.8. The van der Waals surface area contributed by atoms with Gasteiger partial charge in [0, 0.05) is 11.1 Å². The lowest BCUT2D eigenvalue weighted by atomic mass is 9.93. The van der Waals surface area contributed by atoms with Crippen LogP contribution in [0.25, 0.3) is 17.4 Å². The highest BCUT2D eigenvalue weighted by atomic mass is 32.2. The molecular formula is C25H22N2O7S. The van der Waals surface area contributed by atoms with E-state index in [0.29, 0.717) is 22.6 Å². The number of imide groups is 1. The lowest BCUT2D eigenvalue weighted by Gasteiger charge is -2.31. The quantitative estimate of drug-likeness (QED) is 0.352. The Morgan fingerprint density at radius 1 is 1.20 bits per heavy atom. The minimum atomic E-state index is -3.36. The van der Waals surface area contributed by atoms with Gasteiger partial charge in [0.15, 0.2) is 9.84 Å². The van der Waals surface area contributed by atoms with Gasteiger partial charge in [0.25, 0.3) is 11.8 Å². The van der Waals surface area contributed by atoms with Gasteiger partial charge in [-0.2, -0.15) is 5.26 Å². The first kappa shape index (κ1) is 24.2. The molecule has 0 N–H and O–H groups in total. The maximum Gasteiger partial charge on any atom is 0.338 e. The van der Waals surface area contributed by atoms with Crippen LogP contribution in [0.2, 0.25) is 0 Å². The van der Waals surface area contributed by atoms with E-state index in [1.165, 1.54) is 13.0 Å². The molecule has 1 unspecified atom stereocenters. The number of hydrogen-bond acceptors (Lipinski definition) is 8. The van der Waals surface area contributed by atoms with Crippen LogP contribution in [0.3, 0.4) is 0 Å². The Morgan fingerprint density at radius 2 is 1.91 bits per heavy atom. The summed E-state index contributed by atoms with van der Waals surface area (Å²) in [5.41, 5.74) is 1.18. The van der Waals surface area contributed by atoms with Gasteiger partial charge in [0.05, 0.1) is 29.7 Å². The van der Waals surface area contributed by atoms with Crippen molar-refractivity contribution in [1.82, 2.24) is 4.90 Å². The monoisotopic (exact) mass is 494 g/mol. The van der Waals surface area contributed by atoms with Crippen LogP contribution in [0.4, 0.5) is 0 Å². The fourth-order valence-electron chi connectivity index (χ4n) is 4.12. The summed E-state index contributed by atoms with van der Waals surface area (Å²) in [6.45, 7) is 3.50. The van der Waals surface area contributed by atoms with Crippen LogP contribution >= 0.6 is 0 Å². The number of esters is 1. The van der Waals surface area contributed by atoms with Crippen molar-refractivity contribution in [3.05, 3.63) is 64.4 Å². The molecule has 2 aromatic rings. The minimum Gasteiger partial charge on any atom is -0.462 e. The molecule has 0 bridgehead atoms. The number of nitrogens with zero attached hydrogens (tertiary/aromatic N) is 2. The van der Waals surface area contributed by atoms with Crippen LogP contribution in [0, 0.1) is 11.3 Å². The predicted molar refractivity (Wildman–Crippen MR) is 125 cm³/mol. The second kappa shape index (κ2) is 9.35. The van der Waals surface area contributed by atoms with Gasteiger partial charge in [-0.05, 0) is 56.2 Å². The summed E-state index contributed by atoms with van der Waals surface area (Å²) in [6, 6.07) is 11.0. The van der Waals surface area contributed by atoms with E-state index in [4.69, 9.17) is 9.15 Å². The number of carbonyl (C=O) groups is 3. The Bertz CT molecular complexity index is 1420. The van der Waals surface area contributed by atoms with E-state index >= 15 is 0 Å². The molecule has 10 heteroatoms. The van der Waals surface area contributed by atoms with Gasteiger partial charge in [0.1, 0.15) is 23.2 Å². The number of hydrogen-bond donors (Lipinski definition) is 0. The summed E-state index contributed by atoms with van der Waals surface area (Å²) in [5, 5.41) is 9.54. The molecule has 35 heavy (non-hydrogen) atoms. The van der Waals surface area contributed by atoms with Crippen LogP contribution in [0.1, 0.15) is 36.4 Å².